The maximum Gasteiger partial charge on any atom is 0.125 e. The zero-order valence-electron chi connectivity index (χ0n) is 10.5. The van der Waals surface area contributed by atoms with Gasteiger partial charge in [-0.1, -0.05) is 35.9 Å². The SMILES string of the molecule is NCc1ccc(Cl)cc1OCCOc1ccccc1. The monoisotopic (exact) mass is 277 g/mol. The van der Waals surface area contributed by atoms with Gasteiger partial charge in [0.15, 0.2) is 0 Å². The Morgan fingerprint density at radius 1 is 0.947 bits per heavy atom. The molecule has 0 bridgehead atoms. The van der Waals surface area contributed by atoms with E-state index in [-0.39, 0.29) is 0 Å². The first-order chi connectivity index (χ1) is 9.29. The molecule has 0 aliphatic carbocycles. The van der Waals surface area contributed by atoms with Crippen LogP contribution in [0.25, 0.3) is 0 Å². The smallest absolute Gasteiger partial charge is 0.125 e. The summed E-state index contributed by atoms with van der Waals surface area (Å²) in [7, 11) is 0. The topological polar surface area (TPSA) is 44.5 Å². The third-order valence-electron chi connectivity index (χ3n) is 2.60. The lowest BCUT2D eigenvalue weighted by atomic mass is 10.2. The standard InChI is InChI=1S/C15H16ClNO2/c16-13-7-6-12(11-17)15(10-13)19-9-8-18-14-4-2-1-3-5-14/h1-7,10H,8-9,11,17H2. The summed E-state index contributed by atoms with van der Waals surface area (Å²) in [4.78, 5) is 0. The van der Waals surface area contributed by atoms with Crippen LogP contribution in [0.4, 0.5) is 0 Å². The molecule has 0 fully saturated rings. The third kappa shape index (κ3) is 4.16. The van der Waals surface area contributed by atoms with Gasteiger partial charge in [0.1, 0.15) is 24.7 Å². The Labute approximate surface area is 117 Å². The number of hydrogen-bond acceptors (Lipinski definition) is 3. The van der Waals surface area contributed by atoms with E-state index in [2.05, 4.69) is 0 Å². The molecule has 0 heterocycles. The van der Waals surface area contributed by atoms with Crippen LogP contribution in [0.5, 0.6) is 11.5 Å². The Morgan fingerprint density at radius 3 is 2.42 bits per heavy atom. The Bertz CT molecular complexity index is 517. The highest BCUT2D eigenvalue weighted by molar-refractivity contribution is 6.30. The van der Waals surface area contributed by atoms with Crippen molar-refractivity contribution in [3.8, 4) is 11.5 Å². The Morgan fingerprint density at radius 2 is 1.68 bits per heavy atom. The summed E-state index contributed by atoms with van der Waals surface area (Å²) in [5.41, 5.74) is 6.58. The van der Waals surface area contributed by atoms with Crippen molar-refractivity contribution in [1.29, 1.82) is 0 Å². The van der Waals surface area contributed by atoms with Gasteiger partial charge in [-0.05, 0) is 24.3 Å². The largest absolute Gasteiger partial charge is 0.490 e. The summed E-state index contributed by atoms with van der Waals surface area (Å²) in [5, 5.41) is 0.635. The molecule has 0 unspecified atom stereocenters. The maximum absolute atomic E-state index is 5.93. The molecule has 0 aromatic heterocycles. The first-order valence-corrected chi connectivity index (χ1v) is 6.46. The van der Waals surface area contributed by atoms with Crippen molar-refractivity contribution >= 4 is 11.6 Å². The van der Waals surface area contributed by atoms with Gasteiger partial charge in [-0.3, -0.25) is 0 Å². The minimum Gasteiger partial charge on any atom is -0.490 e. The second kappa shape index (κ2) is 7.02. The van der Waals surface area contributed by atoms with Gasteiger partial charge in [-0.15, -0.1) is 0 Å². The number of hydrogen-bond donors (Lipinski definition) is 1. The normalized spacial score (nSPS) is 10.2. The van der Waals surface area contributed by atoms with E-state index in [9.17, 15) is 0 Å². The van der Waals surface area contributed by atoms with Gasteiger partial charge in [0.2, 0.25) is 0 Å². The van der Waals surface area contributed by atoms with Gasteiger partial charge in [-0.25, -0.2) is 0 Å². The van der Waals surface area contributed by atoms with Crippen molar-refractivity contribution < 1.29 is 9.47 Å². The predicted molar refractivity (Wildman–Crippen MR) is 76.8 cm³/mol. The van der Waals surface area contributed by atoms with E-state index in [1.54, 1.807) is 12.1 Å². The van der Waals surface area contributed by atoms with Crippen molar-refractivity contribution in [3.05, 3.63) is 59.1 Å². The molecule has 19 heavy (non-hydrogen) atoms. The lowest BCUT2D eigenvalue weighted by molar-refractivity contribution is 0.216. The molecule has 2 rings (SSSR count). The minimum absolute atomic E-state index is 0.423. The zero-order valence-corrected chi connectivity index (χ0v) is 11.3. The van der Waals surface area contributed by atoms with E-state index in [0.29, 0.717) is 30.5 Å². The van der Waals surface area contributed by atoms with Crippen molar-refractivity contribution in [3.63, 3.8) is 0 Å². The van der Waals surface area contributed by atoms with Crippen LogP contribution in [0, 0.1) is 0 Å². The van der Waals surface area contributed by atoms with Crippen molar-refractivity contribution in [1.82, 2.24) is 0 Å². The van der Waals surface area contributed by atoms with Crippen LogP contribution in [0.15, 0.2) is 48.5 Å². The number of para-hydroxylation sites is 1. The van der Waals surface area contributed by atoms with Crippen LogP contribution in [-0.2, 0) is 6.54 Å². The molecule has 3 nitrogen and oxygen atoms in total. The Hall–Kier alpha value is -1.71. The molecule has 0 amide bonds. The van der Waals surface area contributed by atoms with Crippen molar-refractivity contribution in [2.75, 3.05) is 13.2 Å². The molecule has 2 aromatic rings. The van der Waals surface area contributed by atoms with Gasteiger partial charge in [0, 0.05) is 17.1 Å². The fourth-order valence-electron chi connectivity index (χ4n) is 1.66. The van der Waals surface area contributed by atoms with E-state index in [1.807, 2.05) is 36.4 Å². The summed E-state index contributed by atoms with van der Waals surface area (Å²) >= 11 is 5.93. The van der Waals surface area contributed by atoms with Gasteiger partial charge in [0.25, 0.3) is 0 Å². The molecular weight excluding hydrogens is 262 g/mol. The molecule has 2 aromatic carbocycles. The summed E-state index contributed by atoms with van der Waals surface area (Å²) in [5.74, 6) is 1.54. The first-order valence-electron chi connectivity index (χ1n) is 6.09. The van der Waals surface area contributed by atoms with E-state index in [0.717, 1.165) is 11.3 Å². The van der Waals surface area contributed by atoms with Crippen molar-refractivity contribution in [2.45, 2.75) is 6.54 Å². The highest BCUT2D eigenvalue weighted by atomic mass is 35.5. The van der Waals surface area contributed by atoms with E-state index in [1.165, 1.54) is 0 Å². The fraction of sp³-hybridized carbons (Fsp3) is 0.200. The molecule has 100 valence electrons. The van der Waals surface area contributed by atoms with Crippen LogP contribution in [0.2, 0.25) is 5.02 Å². The second-order valence-electron chi connectivity index (χ2n) is 3.97. The minimum atomic E-state index is 0.423. The maximum atomic E-state index is 5.93. The number of nitrogens with two attached hydrogens (primary N) is 1. The quantitative estimate of drug-likeness (QED) is 0.825. The van der Waals surface area contributed by atoms with Gasteiger partial charge >= 0.3 is 0 Å². The molecule has 0 atom stereocenters. The van der Waals surface area contributed by atoms with Crippen LogP contribution >= 0.6 is 11.6 Å². The molecule has 4 heteroatoms. The highest BCUT2D eigenvalue weighted by Gasteiger charge is 2.03. The second-order valence-corrected chi connectivity index (χ2v) is 4.40. The molecular formula is C15H16ClNO2. The van der Waals surface area contributed by atoms with E-state index < -0.39 is 0 Å². The Balaban J connectivity index is 1.84. The lowest BCUT2D eigenvalue weighted by Crippen LogP contribution is -2.10. The van der Waals surface area contributed by atoms with Gasteiger partial charge in [0.05, 0.1) is 0 Å². The molecule has 0 spiro atoms. The number of halogens is 1. The van der Waals surface area contributed by atoms with E-state index in [4.69, 9.17) is 26.8 Å². The summed E-state index contributed by atoms with van der Waals surface area (Å²) in [6, 6.07) is 15.1. The van der Waals surface area contributed by atoms with Gasteiger partial charge < -0.3 is 15.2 Å². The van der Waals surface area contributed by atoms with Crippen LogP contribution < -0.4 is 15.2 Å². The predicted octanol–water partition coefficient (Wildman–Crippen LogP) is 3.26. The molecule has 0 saturated carbocycles. The zero-order chi connectivity index (χ0) is 13.5. The molecule has 2 N–H and O–H groups in total. The number of benzene rings is 2. The fourth-order valence-corrected chi connectivity index (χ4v) is 1.82. The van der Waals surface area contributed by atoms with Gasteiger partial charge in [-0.2, -0.15) is 0 Å². The van der Waals surface area contributed by atoms with Crippen LogP contribution in [0.1, 0.15) is 5.56 Å². The molecule has 0 aliphatic heterocycles. The summed E-state index contributed by atoms with van der Waals surface area (Å²) in [6.07, 6.45) is 0. The van der Waals surface area contributed by atoms with Crippen molar-refractivity contribution in [2.24, 2.45) is 5.73 Å². The number of rotatable bonds is 6. The summed E-state index contributed by atoms with van der Waals surface area (Å²) < 4.78 is 11.2. The van der Waals surface area contributed by atoms with E-state index >= 15 is 0 Å². The lowest BCUT2D eigenvalue weighted by Gasteiger charge is -2.11. The first kappa shape index (κ1) is 13.7. The van der Waals surface area contributed by atoms with Crippen LogP contribution in [0.3, 0.4) is 0 Å². The highest BCUT2D eigenvalue weighted by Crippen LogP contribution is 2.23. The Kier molecular flexibility index (Phi) is 5.07. The average Bonchev–Trinajstić information content (AvgIpc) is 2.45. The number of ether oxygens (including phenoxy) is 2. The molecule has 0 radical (unpaired) electrons. The average molecular weight is 278 g/mol. The molecule has 0 aliphatic rings. The third-order valence-corrected chi connectivity index (χ3v) is 2.84. The summed E-state index contributed by atoms with van der Waals surface area (Å²) in [6.45, 7) is 1.34. The molecule has 0 saturated heterocycles. The van der Waals surface area contributed by atoms with Crippen LogP contribution in [-0.4, -0.2) is 13.2 Å².